The van der Waals surface area contributed by atoms with Crippen molar-refractivity contribution in [3.05, 3.63) is 102 Å². The average molecular weight is 383 g/mol. The Morgan fingerprint density at radius 3 is 2.45 bits per heavy atom. The minimum absolute atomic E-state index is 0.221. The number of carbonyl (C=O) groups excluding carboxylic acids is 1. The first-order valence-electron chi connectivity index (χ1n) is 8.96. The largest absolute Gasteiger partial charge is 0.478 e. The molecule has 0 aliphatic rings. The van der Waals surface area contributed by atoms with Crippen molar-refractivity contribution in [2.45, 2.75) is 0 Å². The highest BCUT2D eigenvalue weighted by Gasteiger charge is 2.09. The molecule has 6 nitrogen and oxygen atoms in total. The Hall–Kier alpha value is -4.19. The van der Waals surface area contributed by atoms with Crippen LogP contribution >= 0.6 is 0 Å². The Kier molecular flexibility index (Phi) is 4.90. The number of aromatic carboxylic acids is 1. The molecule has 3 aromatic carbocycles. The van der Waals surface area contributed by atoms with E-state index in [9.17, 15) is 9.59 Å². The third kappa shape index (κ3) is 3.77. The Morgan fingerprint density at radius 1 is 0.897 bits per heavy atom. The van der Waals surface area contributed by atoms with E-state index in [2.05, 4.69) is 10.5 Å². The summed E-state index contributed by atoms with van der Waals surface area (Å²) in [4.78, 5) is 23.6. The molecule has 0 atom stereocenters. The quantitative estimate of drug-likeness (QED) is 0.402. The van der Waals surface area contributed by atoms with Gasteiger partial charge in [0.1, 0.15) is 0 Å². The average Bonchev–Trinajstić information content (AvgIpc) is 3.22. The maximum atomic E-state index is 12.6. The maximum Gasteiger partial charge on any atom is 0.335 e. The molecular formula is C23H17N3O3. The van der Waals surface area contributed by atoms with Gasteiger partial charge in [-0.05, 0) is 53.2 Å². The van der Waals surface area contributed by atoms with Crippen molar-refractivity contribution in [3.8, 4) is 5.69 Å². The second-order valence-corrected chi connectivity index (χ2v) is 6.38. The van der Waals surface area contributed by atoms with Crippen LogP contribution in [0.25, 0.3) is 16.5 Å². The molecule has 0 fully saturated rings. The van der Waals surface area contributed by atoms with E-state index in [1.165, 1.54) is 0 Å². The molecule has 1 amide bonds. The van der Waals surface area contributed by atoms with E-state index in [0.29, 0.717) is 5.56 Å². The van der Waals surface area contributed by atoms with Gasteiger partial charge in [-0.25, -0.2) is 10.2 Å². The van der Waals surface area contributed by atoms with Gasteiger partial charge in [0.15, 0.2) is 0 Å². The number of carbonyl (C=O) groups is 2. The lowest BCUT2D eigenvalue weighted by Crippen LogP contribution is -2.18. The van der Waals surface area contributed by atoms with Crippen LogP contribution < -0.4 is 5.43 Å². The minimum atomic E-state index is -0.970. The zero-order chi connectivity index (χ0) is 20.2. The molecule has 0 radical (unpaired) electrons. The van der Waals surface area contributed by atoms with Gasteiger partial charge in [-0.1, -0.05) is 36.4 Å². The van der Waals surface area contributed by atoms with Crippen LogP contribution in [-0.4, -0.2) is 27.8 Å². The van der Waals surface area contributed by atoms with E-state index in [4.69, 9.17) is 5.11 Å². The van der Waals surface area contributed by atoms with Gasteiger partial charge in [-0.3, -0.25) is 4.79 Å². The zero-order valence-corrected chi connectivity index (χ0v) is 15.3. The number of hydrazone groups is 1. The zero-order valence-electron chi connectivity index (χ0n) is 15.3. The van der Waals surface area contributed by atoms with Crippen LogP contribution in [0.4, 0.5) is 0 Å². The molecule has 1 aromatic heterocycles. The number of hydrogen-bond acceptors (Lipinski definition) is 3. The summed E-state index contributed by atoms with van der Waals surface area (Å²) in [6, 6.07) is 23.5. The van der Waals surface area contributed by atoms with Crippen LogP contribution in [0.3, 0.4) is 0 Å². The molecule has 4 aromatic rings. The van der Waals surface area contributed by atoms with Gasteiger partial charge in [0.05, 0.1) is 17.5 Å². The summed E-state index contributed by atoms with van der Waals surface area (Å²) in [5.74, 6) is -1.26. The highest BCUT2D eigenvalue weighted by Crippen LogP contribution is 2.18. The van der Waals surface area contributed by atoms with Crippen molar-refractivity contribution in [2.75, 3.05) is 0 Å². The summed E-state index contributed by atoms with van der Waals surface area (Å²) in [6.07, 6.45) is 3.39. The molecule has 6 heteroatoms. The van der Waals surface area contributed by atoms with Gasteiger partial charge in [0, 0.05) is 17.4 Å². The topological polar surface area (TPSA) is 83.7 Å². The SMILES string of the molecule is O=C(O)c1ccc(-n2cccc2/C=N/NC(=O)c2cccc3ccccc23)cc1. The van der Waals surface area contributed by atoms with Crippen LogP contribution in [0.2, 0.25) is 0 Å². The highest BCUT2D eigenvalue weighted by atomic mass is 16.4. The van der Waals surface area contributed by atoms with Crippen LogP contribution in [0.5, 0.6) is 0 Å². The molecular weight excluding hydrogens is 366 g/mol. The number of carboxylic acids is 1. The van der Waals surface area contributed by atoms with Gasteiger partial charge in [0.2, 0.25) is 0 Å². The fourth-order valence-corrected chi connectivity index (χ4v) is 3.14. The molecule has 0 bridgehead atoms. The smallest absolute Gasteiger partial charge is 0.335 e. The summed E-state index contributed by atoms with van der Waals surface area (Å²) >= 11 is 0. The Morgan fingerprint density at radius 2 is 1.66 bits per heavy atom. The molecule has 2 N–H and O–H groups in total. The lowest BCUT2D eigenvalue weighted by atomic mass is 10.0. The second-order valence-electron chi connectivity index (χ2n) is 6.38. The third-order valence-corrected chi connectivity index (χ3v) is 4.57. The summed E-state index contributed by atoms with van der Waals surface area (Å²) in [7, 11) is 0. The number of benzene rings is 3. The lowest BCUT2D eigenvalue weighted by molar-refractivity contribution is 0.0696. The molecule has 142 valence electrons. The van der Waals surface area contributed by atoms with Gasteiger partial charge in [-0.2, -0.15) is 5.10 Å². The van der Waals surface area contributed by atoms with Crippen molar-refractivity contribution in [3.63, 3.8) is 0 Å². The van der Waals surface area contributed by atoms with Gasteiger partial charge in [0.25, 0.3) is 5.91 Å². The van der Waals surface area contributed by atoms with Crippen molar-refractivity contribution < 1.29 is 14.7 Å². The van der Waals surface area contributed by atoms with Gasteiger partial charge in [-0.15, -0.1) is 0 Å². The number of nitrogens with one attached hydrogen (secondary N) is 1. The minimum Gasteiger partial charge on any atom is -0.478 e. The number of aromatic nitrogens is 1. The van der Waals surface area contributed by atoms with Crippen LogP contribution in [0, 0.1) is 0 Å². The number of amides is 1. The third-order valence-electron chi connectivity index (χ3n) is 4.57. The van der Waals surface area contributed by atoms with E-state index in [1.807, 2.05) is 59.3 Å². The first kappa shape index (κ1) is 18.2. The summed E-state index contributed by atoms with van der Waals surface area (Å²) in [5.41, 5.74) is 4.88. The normalized spacial score (nSPS) is 11.0. The number of carboxylic acid groups (broad SMARTS) is 1. The first-order chi connectivity index (χ1) is 14.1. The molecule has 4 rings (SSSR count). The van der Waals surface area contributed by atoms with Crippen LogP contribution in [0.15, 0.2) is 90.2 Å². The highest BCUT2D eigenvalue weighted by molar-refractivity contribution is 6.07. The molecule has 0 spiro atoms. The first-order valence-corrected chi connectivity index (χ1v) is 8.96. The monoisotopic (exact) mass is 383 g/mol. The van der Waals surface area contributed by atoms with Crippen molar-refractivity contribution >= 4 is 28.9 Å². The fraction of sp³-hybridized carbons (Fsp3) is 0. The molecule has 0 unspecified atom stereocenters. The Bertz CT molecular complexity index is 1220. The van der Waals surface area contributed by atoms with E-state index in [0.717, 1.165) is 22.2 Å². The van der Waals surface area contributed by atoms with Crippen molar-refractivity contribution in [2.24, 2.45) is 5.10 Å². The molecule has 0 saturated carbocycles. The summed E-state index contributed by atoms with van der Waals surface area (Å²) in [6.45, 7) is 0. The maximum absolute atomic E-state index is 12.6. The van der Waals surface area contributed by atoms with Crippen LogP contribution in [0.1, 0.15) is 26.4 Å². The van der Waals surface area contributed by atoms with Crippen LogP contribution in [-0.2, 0) is 0 Å². The van der Waals surface area contributed by atoms with Gasteiger partial charge < -0.3 is 9.67 Å². The number of rotatable bonds is 5. The standard InChI is InChI=1S/C23H17N3O3/c27-22(21-9-3-6-16-5-1-2-8-20(16)21)25-24-15-19-7-4-14-26(19)18-12-10-17(11-13-18)23(28)29/h1-15H,(H,25,27)(H,28,29)/b24-15+. The predicted octanol–water partition coefficient (Wildman–Crippen LogP) is 4.09. The molecule has 29 heavy (non-hydrogen) atoms. The molecule has 0 aliphatic carbocycles. The summed E-state index contributed by atoms with van der Waals surface area (Å²) < 4.78 is 1.85. The van der Waals surface area contributed by atoms with E-state index >= 15 is 0 Å². The lowest BCUT2D eigenvalue weighted by Gasteiger charge is -2.07. The number of fused-ring (bicyclic) bond motifs is 1. The van der Waals surface area contributed by atoms with E-state index in [-0.39, 0.29) is 11.5 Å². The van der Waals surface area contributed by atoms with Gasteiger partial charge >= 0.3 is 5.97 Å². The number of nitrogens with zero attached hydrogens (tertiary/aromatic N) is 2. The number of hydrogen-bond donors (Lipinski definition) is 2. The van der Waals surface area contributed by atoms with Crippen molar-refractivity contribution in [1.29, 1.82) is 0 Å². The molecule has 1 heterocycles. The fourth-order valence-electron chi connectivity index (χ4n) is 3.14. The predicted molar refractivity (Wildman–Crippen MR) is 112 cm³/mol. The second kappa shape index (κ2) is 7.82. The van der Waals surface area contributed by atoms with E-state index < -0.39 is 5.97 Å². The van der Waals surface area contributed by atoms with Crippen molar-refractivity contribution in [1.82, 2.24) is 9.99 Å². The Labute approximate surface area is 166 Å². The molecule has 0 aliphatic heterocycles. The Balaban J connectivity index is 1.52. The van der Waals surface area contributed by atoms with E-state index in [1.54, 1.807) is 36.5 Å². The molecule has 0 saturated heterocycles. The summed E-state index contributed by atoms with van der Waals surface area (Å²) in [5, 5.41) is 15.0.